The SMILES string of the molecule is C=CCOC(=O)[C@H](CCC(=O)NC[C@H](O)[C@H]1OC(C)(C)O[C@@H]1[C@H]1COC(C)(C)O1)NC(=O)OCC1c2ccccc2-c2ccccc21.C=CCOC(=O)[C@H](CCC(=O)O)NC(=O)OCC1c2ccccc2-c2ccccc21.CC1(C)O[C@H]([C@@H](O)CN)[C@@H]([C@H]2COC(C)(C)O2)O1. The molecule has 0 spiro atoms. The van der Waals surface area contributed by atoms with Gasteiger partial charge in [-0.15, -0.1) is 0 Å². The van der Waals surface area contributed by atoms with Gasteiger partial charge in [0.05, 0.1) is 19.3 Å². The molecule has 0 aromatic heterocycles. The highest BCUT2D eigenvalue weighted by molar-refractivity contribution is 5.84. The summed E-state index contributed by atoms with van der Waals surface area (Å²) in [5.41, 5.74) is 14.1. The minimum absolute atomic E-state index is 0.0330. The quantitative estimate of drug-likeness (QED) is 0.0199. The Hall–Kier alpha value is -7.66. The lowest BCUT2D eigenvalue weighted by Gasteiger charge is -2.26. The van der Waals surface area contributed by atoms with Crippen molar-refractivity contribution in [1.82, 2.24) is 16.0 Å². The maximum Gasteiger partial charge on any atom is 0.407 e. The van der Waals surface area contributed by atoms with Crippen LogP contribution >= 0.6 is 0 Å². The summed E-state index contributed by atoms with van der Waals surface area (Å²) in [4.78, 5) is 73.8. The van der Waals surface area contributed by atoms with Gasteiger partial charge in [0.1, 0.15) is 81.2 Å². The summed E-state index contributed by atoms with van der Waals surface area (Å²) in [5.74, 6) is -6.40. The average molecular weight is 1320 g/mol. The number of benzene rings is 4. The third-order valence-corrected chi connectivity index (χ3v) is 16.5. The molecule has 4 aromatic carbocycles. The predicted octanol–water partition coefficient (Wildman–Crippen LogP) is 7.02. The number of hydrogen-bond acceptors (Lipinski definition) is 21. The van der Waals surface area contributed by atoms with Gasteiger partial charge in [-0.25, -0.2) is 19.2 Å². The second-order valence-corrected chi connectivity index (χ2v) is 25.4. The number of amides is 3. The molecular weight excluding hydrogens is 1230 g/mol. The molecule has 8 N–H and O–H groups in total. The maximum absolute atomic E-state index is 12.9. The summed E-state index contributed by atoms with van der Waals surface area (Å²) in [6, 6.07) is 29.5. The van der Waals surface area contributed by atoms with E-state index in [1.807, 2.05) is 125 Å². The molecule has 6 aliphatic rings. The molecule has 4 aromatic rings. The Labute approximate surface area is 553 Å². The molecule has 516 valence electrons. The predicted molar refractivity (Wildman–Crippen MR) is 344 cm³/mol. The zero-order valence-electron chi connectivity index (χ0n) is 55.0. The number of hydrogen-bond donors (Lipinski definition) is 7. The number of nitrogens with one attached hydrogen (secondary N) is 3. The number of aliphatic hydroxyl groups excluding tert-OH is 2. The van der Waals surface area contributed by atoms with E-state index >= 15 is 0 Å². The first-order valence-corrected chi connectivity index (χ1v) is 31.8. The van der Waals surface area contributed by atoms with E-state index < -0.39 is 108 Å². The summed E-state index contributed by atoms with van der Waals surface area (Å²) in [6.07, 6.45) is -4.31. The molecule has 0 radical (unpaired) electrons. The van der Waals surface area contributed by atoms with Gasteiger partial charge in [-0.05, 0) is 113 Å². The third-order valence-electron chi connectivity index (χ3n) is 16.5. The molecule has 4 aliphatic heterocycles. The van der Waals surface area contributed by atoms with Crippen molar-refractivity contribution >= 4 is 36.0 Å². The van der Waals surface area contributed by atoms with Crippen LogP contribution in [0.2, 0.25) is 0 Å². The van der Waals surface area contributed by atoms with Crippen molar-refractivity contribution in [2.45, 2.75) is 177 Å². The molecule has 3 amide bonds. The lowest BCUT2D eigenvalue weighted by molar-refractivity contribution is -0.175. The smallest absolute Gasteiger partial charge is 0.407 e. The number of fused-ring (bicyclic) bond motifs is 6. The van der Waals surface area contributed by atoms with Crippen LogP contribution in [-0.2, 0) is 76.0 Å². The van der Waals surface area contributed by atoms with Gasteiger partial charge in [0.25, 0.3) is 0 Å². The number of nitrogens with two attached hydrogens (primary N) is 1. The highest BCUT2D eigenvalue weighted by atomic mass is 16.8. The van der Waals surface area contributed by atoms with E-state index in [2.05, 4.69) is 29.1 Å². The molecule has 0 bridgehead atoms. The molecule has 25 nitrogen and oxygen atoms in total. The zero-order valence-corrected chi connectivity index (χ0v) is 55.0. The van der Waals surface area contributed by atoms with E-state index in [-0.39, 0.29) is 95.9 Å². The molecule has 95 heavy (non-hydrogen) atoms. The molecule has 4 fully saturated rings. The van der Waals surface area contributed by atoms with Crippen molar-refractivity contribution < 1.29 is 101 Å². The lowest BCUT2D eigenvalue weighted by atomic mass is 9.98. The van der Waals surface area contributed by atoms with Crippen LogP contribution < -0.4 is 21.7 Å². The van der Waals surface area contributed by atoms with E-state index in [0.29, 0.717) is 6.61 Å². The number of aliphatic hydroxyl groups is 2. The molecule has 2 aliphatic carbocycles. The first-order chi connectivity index (χ1) is 45.1. The van der Waals surface area contributed by atoms with Crippen LogP contribution in [0.4, 0.5) is 9.59 Å². The Morgan fingerprint density at radius 1 is 0.537 bits per heavy atom. The molecule has 10 atom stereocenters. The third kappa shape index (κ3) is 19.5. The largest absolute Gasteiger partial charge is 0.481 e. The molecule has 4 saturated heterocycles. The number of alkyl carbamates (subject to hydrolysis) is 2. The number of carbonyl (C=O) groups is 6. The molecule has 4 heterocycles. The van der Waals surface area contributed by atoms with Crippen LogP contribution in [0, 0.1) is 0 Å². The van der Waals surface area contributed by atoms with Gasteiger partial charge in [-0.1, -0.05) is 122 Å². The second-order valence-electron chi connectivity index (χ2n) is 25.4. The number of carboxylic acids is 1. The van der Waals surface area contributed by atoms with E-state index in [4.69, 9.17) is 67.7 Å². The normalized spacial score (nSPS) is 23.4. The number of esters is 2. The maximum atomic E-state index is 12.9. The number of carboxylic acid groups (broad SMARTS) is 1. The van der Waals surface area contributed by atoms with E-state index in [0.717, 1.165) is 44.5 Å². The highest BCUT2D eigenvalue weighted by Gasteiger charge is 2.53. The molecule has 0 unspecified atom stereocenters. The summed E-state index contributed by atoms with van der Waals surface area (Å²) < 4.78 is 67.5. The van der Waals surface area contributed by atoms with Crippen molar-refractivity contribution in [3.8, 4) is 22.3 Å². The lowest BCUT2D eigenvalue weighted by Crippen LogP contribution is -2.48. The Balaban J connectivity index is 0.000000204. The van der Waals surface area contributed by atoms with E-state index in [1.165, 1.54) is 12.2 Å². The van der Waals surface area contributed by atoms with Gasteiger partial charge >= 0.3 is 30.1 Å². The number of ether oxygens (including phenoxy) is 12. The fourth-order valence-electron chi connectivity index (χ4n) is 12.2. The minimum atomic E-state index is -1.15. The van der Waals surface area contributed by atoms with E-state index in [9.17, 15) is 39.0 Å². The van der Waals surface area contributed by atoms with Crippen molar-refractivity contribution in [1.29, 1.82) is 0 Å². The summed E-state index contributed by atoms with van der Waals surface area (Å²) in [5, 5.41) is 37.4. The molecular formula is C70H90N4O21. The Morgan fingerprint density at radius 2 is 0.905 bits per heavy atom. The van der Waals surface area contributed by atoms with Crippen LogP contribution in [0.5, 0.6) is 0 Å². The first kappa shape index (κ1) is 73.2. The number of rotatable bonds is 25. The standard InChI is InChI=1S/C35H44N2O10.C23H23NO6.C12H23NO5/c1-6-17-42-32(40)26(37-33(41)43-19-25-23-13-9-7-11-21(23)22-12-8-10-14-24(22)25)15-16-29(39)36-18-27(38)30-31(47-35(4,5)46-30)28-20-44-34(2,3)45-28;1-2-13-29-22(27)20(11-12-21(25)26)24-23(28)30-14-19-17-9-5-3-7-15(17)16-8-4-6-10-18(16)19;1-11(2)15-6-8(16-11)10-9(7(14)5-13)17-12(3,4)18-10/h6-14,25-28,30-31,38H,1,15-20H2,2-5H3,(H,36,39)(H,37,41);2-10,19-20H,1,11-14H2,(H,24,28)(H,25,26);7-10,14H,5-6,13H2,1-4H3/t26-,27-,28+,30+,31+;20-;7-,8+,9+,10+/m000/s1. The van der Waals surface area contributed by atoms with Gasteiger partial charge in [0, 0.05) is 37.8 Å². The van der Waals surface area contributed by atoms with Crippen molar-refractivity contribution in [2.24, 2.45) is 5.73 Å². The topological polar surface area (TPSA) is 336 Å². The fraction of sp³-hybridized carbons (Fsp3) is 0.514. The minimum Gasteiger partial charge on any atom is -0.481 e. The van der Waals surface area contributed by atoms with Gasteiger partial charge in [0.2, 0.25) is 5.91 Å². The summed E-state index contributed by atoms with van der Waals surface area (Å²) in [6.45, 7) is 22.1. The monoisotopic (exact) mass is 1320 g/mol. The summed E-state index contributed by atoms with van der Waals surface area (Å²) >= 11 is 0. The molecule has 10 rings (SSSR count). The van der Waals surface area contributed by atoms with Crippen LogP contribution in [0.1, 0.15) is 115 Å². The van der Waals surface area contributed by atoms with Crippen molar-refractivity contribution in [3.05, 3.63) is 145 Å². The van der Waals surface area contributed by atoms with Crippen molar-refractivity contribution in [2.75, 3.05) is 52.7 Å². The van der Waals surface area contributed by atoms with Gasteiger partial charge in [0.15, 0.2) is 23.1 Å². The van der Waals surface area contributed by atoms with Crippen LogP contribution in [0.3, 0.4) is 0 Å². The van der Waals surface area contributed by atoms with Crippen LogP contribution in [0.15, 0.2) is 122 Å². The van der Waals surface area contributed by atoms with Crippen LogP contribution in [-0.4, -0.2) is 188 Å². The Kier molecular flexibility index (Phi) is 24.9. The van der Waals surface area contributed by atoms with Gasteiger partial charge in [-0.3, -0.25) is 9.59 Å². The average Bonchev–Trinajstić information content (AvgIpc) is 1.64. The first-order valence-electron chi connectivity index (χ1n) is 31.8. The molecule has 0 saturated carbocycles. The fourth-order valence-corrected chi connectivity index (χ4v) is 12.2. The van der Waals surface area contributed by atoms with Crippen molar-refractivity contribution in [3.63, 3.8) is 0 Å². The second kappa shape index (κ2) is 32.4. The number of carbonyl (C=O) groups excluding carboxylic acids is 5. The Bertz CT molecular complexity index is 3250. The van der Waals surface area contributed by atoms with Crippen LogP contribution in [0.25, 0.3) is 22.3 Å². The van der Waals surface area contributed by atoms with E-state index in [1.54, 1.807) is 27.7 Å². The van der Waals surface area contributed by atoms with Gasteiger partial charge < -0.3 is 93.8 Å². The molecule has 25 heteroatoms. The Morgan fingerprint density at radius 3 is 1.25 bits per heavy atom. The summed E-state index contributed by atoms with van der Waals surface area (Å²) in [7, 11) is 0. The van der Waals surface area contributed by atoms with Gasteiger partial charge in [-0.2, -0.15) is 0 Å². The highest BCUT2D eigenvalue weighted by Crippen LogP contribution is 2.46. The number of aliphatic carboxylic acids is 1. The zero-order chi connectivity index (χ0) is 68.8.